The molecule has 132 valence electrons. The average Bonchev–Trinajstić information content (AvgIpc) is 3.25. The van der Waals surface area contributed by atoms with Crippen LogP contribution in [0.1, 0.15) is 25.3 Å². The number of hydroxylamine groups is 2. The van der Waals surface area contributed by atoms with Gasteiger partial charge in [-0.2, -0.15) is 0 Å². The van der Waals surface area contributed by atoms with Crippen molar-refractivity contribution in [3.63, 3.8) is 0 Å². The molecule has 0 spiro atoms. The number of piperidine rings is 1. The zero-order chi connectivity index (χ0) is 18.2. The molecule has 25 heavy (non-hydrogen) atoms. The third-order valence-corrected chi connectivity index (χ3v) is 5.58. The number of nitrogens with zero attached hydrogens (tertiary/aromatic N) is 1. The summed E-state index contributed by atoms with van der Waals surface area (Å²) in [6.45, 7) is 2.04. The molecule has 0 bridgehead atoms. The molecule has 7 heteroatoms. The van der Waals surface area contributed by atoms with Crippen molar-refractivity contribution in [2.75, 3.05) is 6.54 Å². The zero-order valence-corrected chi connectivity index (χ0v) is 13.8. The number of carbonyl (C=O) groups is 2. The van der Waals surface area contributed by atoms with Crippen LogP contribution in [0.25, 0.3) is 0 Å². The first-order valence-corrected chi connectivity index (χ1v) is 8.13. The van der Waals surface area contributed by atoms with Gasteiger partial charge < -0.3 is 10.2 Å². The minimum Gasteiger partial charge on any atom is -0.481 e. The van der Waals surface area contributed by atoms with E-state index in [4.69, 9.17) is 4.84 Å². The predicted molar refractivity (Wildman–Crippen MR) is 85.7 cm³/mol. The van der Waals surface area contributed by atoms with E-state index >= 15 is 0 Å². The second-order valence-electron chi connectivity index (χ2n) is 6.40. The summed E-state index contributed by atoms with van der Waals surface area (Å²) in [7, 11) is 0. The van der Waals surface area contributed by atoms with E-state index in [1.54, 1.807) is 12.9 Å². The van der Waals surface area contributed by atoms with E-state index in [1.807, 2.05) is 30.3 Å². The van der Waals surface area contributed by atoms with Gasteiger partial charge >= 0.3 is 11.9 Å². The van der Waals surface area contributed by atoms with Gasteiger partial charge in [0.05, 0.1) is 12.0 Å². The highest BCUT2D eigenvalue weighted by Gasteiger charge is 2.87. The fourth-order valence-corrected chi connectivity index (χ4v) is 4.43. The van der Waals surface area contributed by atoms with E-state index in [9.17, 15) is 24.6 Å². The minimum atomic E-state index is -1.77. The number of hydrogen-bond acceptors (Lipinski definition) is 5. The monoisotopic (exact) mass is 345 g/mol. The third kappa shape index (κ3) is 2.13. The van der Waals surface area contributed by atoms with E-state index in [0.29, 0.717) is 6.42 Å². The van der Waals surface area contributed by atoms with E-state index < -0.39 is 28.7 Å². The summed E-state index contributed by atoms with van der Waals surface area (Å²) in [5.74, 6) is -1.47. The van der Waals surface area contributed by atoms with Crippen LogP contribution >= 0.6 is 0 Å². The summed E-state index contributed by atoms with van der Waals surface area (Å²) >= 11 is 0. The largest absolute Gasteiger partial charge is 0.481 e. The number of fused-ring (bicyclic) bond motifs is 1. The molecule has 2 aliphatic rings. The maximum atomic E-state index is 12.0. The van der Waals surface area contributed by atoms with Gasteiger partial charge in [-0.1, -0.05) is 37.3 Å². The van der Waals surface area contributed by atoms with Crippen LogP contribution in [0.2, 0.25) is 0 Å². The number of carboxylic acids is 2. The normalized spacial score (nSPS) is 30.4. The van der Waals surface area contributed by atoms with Gasteiger partial charge in [0.25, 0.3) is 0 Å². The van der Waals surface area contributed by atoms with Crippen molar-refractivity contribution < 1.29 is 29.4 Å². The van der Waals surface area contributed by atoms with Crippen LogP contribution in [0.4, 0.5) is 0 Å². The Bertz CT molecular complexity index is 756. The number of rotatable bonds is 6. The third-order valence-electron chi connectivity index (χ3n) is 5.58. The lowest BCUT2D eigenvalue weighted by atomic mass is 9.87. The highest BCUT2D eigenvalue weighted by Crippen LogP contribution is 2.77. The Balaban J connectivity index is 1.92. The second-order valence-corrected chi connectivity index (χ2v) is 6.40. The summed E-state index contributed by atoms with van der Waals surface area (Å²) < 4.78 is 0. The summed E-state index contributed by atoms with van der Waals surface area (Å²) in [6, 6.07) is 9.22. The van der Waals surface area contributed by atoms with Crippen molar-refractivity contribution in [3.05, 3.63) is 41.6 Å². The lowest BCUT2D eigenvalue weighted by molar-refractivity contribution is -0.172. The van der Waals surface area contributed by atoms with E-state index in [0.717, 1.165) is 5.56 Å². The Hall–Kier alpha value is -2.63. The lowest BCUT2D eigenvalue weighted by Crippen LogP contribution is -2.41. The zero-order valence-electron chi connectivity index (χ0n) is 13.8. The molecule has 7 nitrogen and oxygen atoms in total. The van der Waals surface area contributed by atoms with Crippen molar-refractivity contribution in [3.8, 4) is 0 Å². The fraction of sp³-hybridized carbons (Fsp3) is 0.444. The Morgan fingerprint density at radius 3 is 2.48 bits per heavy atom. The number of aliphatic carboxylic acids is 2. The Labute approximate surface area is 144 Å². The first kappa shape index (κ1) is 17.2. The molecule has 1 saturated carbocycles. The van der Waals surface area contributed by atoms with Crippen LogP contribution in [-0.4, -0.2) is 39.7 Å². The van der Waals surface area contributed by atoms with Crippen molar-refractivity contribution in [1.29, 1.82) is 0 Å². The topological polar surface area (TPSA) is 104 Å². The average molecular weight is 345 g/mol. The number of carbonyl (C=O) groups excluding carboxylic acids is 1. The van der Waals surface area contributed by atoms with Gasteiger partial charge in [-0.3, -0.25) is 14.4 Å². The number of benzene rings is 1. The Kier molecular flexibility index (Phi) is 4.14. The molecule has 3 unspecified atom stereocenters. The predicted octanol–water partition coefficient (Wildman–Crippen LogP) is 1.72. The van der Waals surface area contributed by atoms with Crippen LogP contribution in [0.3, 0.4) is 0 Å². The van der Waals surface area contributed by atoms with Gasteiger partial charge in [-0.15, -0.1) is 0 Å². The van der Waals surface area contributed by atoms with Crippen molar-refractivity contribution in [1.82, 2.24) is 5.06 Å². The maximum absolute atomic E-state index is 12.0. The fourth-order valence-electron chi connectivity index (χ4n) is 4.43. The molecule has 2 fully saturated rings. The Morgan fingerprint density at radius 1 is 1.28 bits per heavy atom. The number of hydrogen-bond donors (Lipinski definition) is 2. The smallest absolute Gasteiger partial charge is 0.318 e. The summed E-state index contributed by atoms with van der Waals surface area (Å²) in [6.07, 6.45) is 0.448. The van der Waals surface area contributed by atoms with Crippen molar-refractivity contribution in [2.45, 2.75) is 26.4 Å². The molecule has 1 aliphatic carbocycles. The maximum Gasteiger partial charge on any atom is 0.318 e. The molecule has 3 atom stereocenters. The molecular weight excluding hydrogens is 326 g/mol. The minimum absolute atomic E-state index is 0.122. The van der Waals surface area contributed by atoms with Gasteiger partial charge in [0.1, 0.15) is 17.1 Å². The van der Waals surface area contributed by atoms with Crippen LogP contribution in [0, 0.1) is 16.7 Å². The summed E-state index contributed by atoms with van der Waals surface area (Å²) in [4.78, 5) is 41.2. The van der Waals surface area contributed by atoms with E-state index in [-0.39, 0.29) is 25.3 Å². The lowest BCUT2D eigenvalue weighted by Gasteiger charge is -2.32. The molecule has 0 radical (unpaired) electrons. The Morgan fingerprint density at radius 2 is 1.96 bits per heavy atom. The van der Waals surface area contributed by atoms with E-state index in [2.05, 4.69) is 0 Å². The van der Waals surface area contributed by atoms with E-state index in [1.165, 1.54) is 5.06 Å². The van der Waals surface area contributed by atoms with Crippen LogP contribution in [0.15, 0.2) is 36.0 Å². The highest BCUT2D eigenvalue weighted by atomic mass is 16.7. The highest BCUT2D eigenvalue weighted by molar-refractivity contribution is 5.99. The SMILES string of the molecule is CCC1(C(=O)O)C2CCN(OCc3ccccc3)C(=C=O)C21C(=O)O. The molecule has 0 amide bonds. The first-order valence-electron chi connectivity index (χ1n) is 8.13. The molecule has 2 N–H and O–H groups in total. The van der Waals surface area contributed by atoms with Crippen LogP contribution in [0.5, 0.6) is 0 Å². The van der Waals surface area contributed by atoms with Gasteiger partial charge in [0.15, 0.2) is 0 Å². The molecule has 1 saturated heterocycles. The van der Waals surface area contributed by atoms with Crippen molar-refractivity contribution >= 4 is 17.9 Å². The molecule has 1 heterocycles. The molecule has 1 aromatic rings. The molecule has 1 aliphatic heterocycles. The molecular formula is C18H19NO6. The van der Waals surface area contributed by atoms with Gasteiger partial charge in [0.2, 0.25) is 0 Å². The second kappa shape index (κ2) is 6.02. The quantitative estimate of drug-likeness (QED) is 0.757. The molecule has 1 aromatic carbocycles. The van der Waals surface area contributed by atoms with Crippen LogP contribution in [-0.2, 0) is 25.8 Å². The van der Waals surface area contributed by atoms with Gasteiger partial charge in [0, 0.05) is 12.5 Å². The first-order chi connectivity index (χ1) is 12.0. The number of carboxylic acid groups (broad SMARTS) is 2. The van der Waals surface area contributed by atoms with Crippen molar-refractivity contribution in [2.24, 2.45) is 16.7 Å². The standard InChI is InChI=1S/C18H19NO6/c1-2-17(15(21)22)13-8-9-19(14(10-20)18(13,17)16(23)24)25-11-12-6-4-3-5-7-12/h3-7,13H,2,8-9,11H2,1H3,(H,21,22)(H,23,24). The van der Waals surface area contributed by atoms with Gasteiger partial charge in [-0.25, -0.2) is 9.86 Å². The molecule has 3 rings (SSSR count). The van der Waals surface area contributed by atoms with Gasteiger partial charge in [-0.05, 0) is 18.4 Å². The molecule has 0 aromatic heterocycles. The van der Waals surface area contributed by atoms with Crippen LogP contribution < -0.4 is 0 Å². The summed E-state index contributed by atoms with van der Waals surface area (Å²) in [5, 5.41) is 20.7. The summed E-state index contributed by atoms with van der Waals surface area (Å²) in [5.41, 5.74) is -2.63.